The van der Waals surface area contributed by atoms with E-state index in [0.29, 0.717) is 50.6 Å². The smallest absolute Gasteiger partial charge is 0.163 e. The van der Waals surface area contributed by atoms with Crippen LogP contribution in [0.25, 0.3) is 111 Å². The molecule has 9 aromatic carbocycles. The van der Waals surface area contributed by atoms with Crippen LogP contribution in [0.5, 0.6) is 0 Å². The zero-order valence-electron chi connectivity index (χ0n) is 39.9. The molecule has 3 aromatic heterocycles. The first-order chi connectivity index (χ1) is 36.2. The second-order valence-electron chi connectivity index (χ2n) is 18.3. The Bertz CT molecular complexity index is 4080. The Morgan fingerprint density at radius 2 is 0.595 bits per heavy atom. The standard InChI is InChI=1S/C65H37N9/c1-39-23-40(2)72-65(71-39)64-62(73-58-30-50(46-11-3-7-41(24-46)34-66)15-19-54(58)55-20-16-51(31-59(55)73)47-12-4-8-42(25-47)35-67)28-45(38-70)29-63(64)74-60-32-52(48-13-5-9-43(26-48)36-68)17-21-56(60)57-22-18-53(33-61(57)74)49-14-6-10-44(27-49)37-69/h3-33H,1-2H3. The highest BCUT2D eigenvalue weighted by Crippen LogP contribution is 2.45. The molecule has 0 N–H and O–H groups in total. The number of hydrogen-bond acceptors (Lipinski definition) is 7. The van der Waals surface area contributed by atoms with Crippen LogP contribution in [0.4, 0.5) is 0 Å². The number of aryl methyl sites for hydroxylation is 2. The van der Waals surface area contributed by atoms with Gasteiger partial charge in [-0.3, -0.25) is 0 Å². The maximum atomic E-state index is 11.2. The van der Waals surface area contributed by atoms with E-state index >= 15 is 0 Å². The van der Waals surface area contributed by atoms with Gasteiger partial charge in [0.1, 0.15) is 0 Å². The molecular formula is C65H37N9. The van der Waals surface area contributed by atoms with Crippen LogP contribution in [0.1, 0.15) is 39.2 Å². The fraction of sp³-hybridized carbons (Fsp3) is 0.0308. The van der Waals surface area contributed by atoms with Crippen LogP contribution in [-0.2, 0) is 0 Å². The van der Waals surface area contributed by atoms with Gasteiger partial charge in [0.15, 0.2) is 5.82 Å². The van der Waals surface area contributed by atoms with Gasteiger partial charge in [-0.15, -0.1) is 0 Å². The highest BCUT2D eigenvalue weighted by Gasteiger charge is 2.26. The largest absolute Gasteiger partial charge is 0.308 e. The van der Waals surface area contributed by atoms with Gasteiger partial charge in [-0.05, 0) is 149 Å². The fourth-order valence-corrected chi connectivity index (χ4v) is 10.4. The number of fused-ring (bicyclic) bond motifs is 6. The number of benzene rings is 9. The minimum atomic E-state index is 0.389. The van der Waals surface area contributed by atoms with E-state index < -0.39 is 0 Å². The van der Waals surface area contributed by atoms with Gasteiger partial charge in [-0.1, -0.05) is 97.1 Å². The van der Waals surface area contributed by atoms with Crippen molar-refractivity contribution in [1.82, 2.24) is 19.1 Å². The first kappa shape index (κ1) is 44.3. The number of rotatable bonds is 7. The minimum Gasteiger partial charge on any atom is -0.308 e. The van der Waals surface area contributed by atoms with Crippen molar-refractivity contribution in [2.75, 3.05) is 0 Å². The molecule has 0 saturated carbocycles. The summed E-state index contributed by atoms with van der Waals surface area (Å²) in [6.45, 7) is 3.91. The lowest BCUT2D eigenvalue weighted by molar-refractivity contribution is 1.04. The van der Waals surface area contributed by atoms with E-state index in [9.17, 15) is 26.3 Å². The molecule has 0 saturated heterocycles. The maximum Gasteiger partial charge on any atom is 0.163 e. The van der Waals surface area contributed by atoms with Gasteiger partial charge in [0.05, 0.1) is 97.2 Å². The normalized spacial score (nSPS) is 11.0. The van der Waals surface area contributed by atoms with Crippen LogP contribution in [-0.4, -0.2) is 19.1 Å². The molecule has 3 heterocycles. The Hall–Kier alpha value is -10.9. The third-order valence-corrected chi connectivity index (χ3v) is 13.7. The van der Waals surface area contributed by atoms with Gasteiger partial charge in [0.25, 0.3) is 0 Å². The minimum absolute atomic E-state index is 0.389. The van der Waals surface area contributed by atoms with Crippen molar-refractivity contribution >= 4 is 43.6 Å². The molecule has 0 unspecified atom stereocenters. The van der Waals surface area contributed by atoms with Crippen LogP contribution in [0, 0.1) is 70.5 Å². The van der Waals surface area contributed by atoms with E-state index in [1.165, 1.54) is 0 Å². The Labute approximate surface area is 425 Å². The molecule has 0 atom stereocenters. The van der Waals surface area contributed by atoms with E-state index in [-0.39, 0.29) is 0 Å². The molecule has 342 valence electrons. The van der Waals surface area contributed by atoms with E-state index in [1.54, 1.807) is 24.3 Å². The van der Waals surface area contributed by atoms with E-state index in [1.807, 2.05) is 105 Å². The molecule has 74 heavy (non-hydrogen) atoms. The Kier molecular flexibility index (Phi) is 10.7. The topological polar surface area (TPSA) is 155 Å². The molecule has 0 aliphatic heterocycles. The molecule has 0 radical (unpaired) electrons. The number of nitriles is 5. The summed E-state index contributed by atoms with van der Waals surface area (Å²) in [5.41, 5.74) is 16.5. The first-order valence-electron chi connectivity index (χ1n) is 23.8. The predicted molar refractivity (Wildman–Crippen MR) is 291 cm³/mol. The highest BCUT2D eigenvalue weighted by atomic mass is 15.0. The Morgan fingerprint density at radius 1 is 0.311 bits per heavy atom. The van der Waals surface area contributed by atoms with Crippen molar-refractivity contribution in [2.45, 2.75) is 13.8 Å². The molecule has 0 spiro atoms. The van der Waals surface area contributed by atoms with Crippen LogP contribution in [0.2, 0.25) is 0 Å². The highest BCUT2D eigenvalue weighted by molar-refractivity contribution is 6.14. The first-order valence-corrected chi connectivity index (χ1v) is 23.8. The second-order valence-corrected chi connectivity index (χ2v) is 18.3. The monoisotopic (exact) mass is 943 g/mol. The van der Waals surface area contributed by atoms with E-state index in [2.05, 4.69) is 112 Å². The van der Waals surface area contributed by atoms with Gasteiger partial charge in [-0.2, -0.15) is 26.3 Å². The molecular weight excluding hydrogens is 907 g/mol. The van der Waals surface area contributed by atoms with Gasteiger partial charge >= 0.3 is 0 Å². The van der Waals surface area contributed by atoms with Crippen molar-refractivity contribution in [3.05, 3.63) is 227 Å². The molecule has 12 aromatic rings. The number of nitrogens with zero attached hydrogens (tertiary/aromatic N) is 9. The molecule has 0 fully saturated rings. The van der Waals surface area contributed by atoms with Crippen LogP contribution >= 0.6 is 0 Å². The van der Waals surface area contributed by atoms with Crippen LogP contribution in [0.3, 0.4) is 0 Å². The van der Waals surface area contributed by atoms with Crippen molar-refractivity contribution in [1.29, 1.82) is 26.3 Å². The summed E-state index contributed by atoms with van der Waals surface area (Å²) >= 11 is 0. The number of hydrogen-bond donors (Lipinski definition) is 0. The van der Waals surface area contributed by atoms with Gasteiger partial charge in [0, 0.05) is 32.9 Å². The lowest BCUT2D eigenvalue weighted by Gasteiger charge is -2.21. The second kappa shape index (κ2) is 17.8. The van der Waals surface area contributed by atoms with Crippen molar-refractivity contribution in [3.63, 3.8) is 0 Å². The lowest BCUT2D eigenvalue weighted by Crippen LogP contribution is -2.08. The molecule has 9 nitrogen and oxygen atoms in total. The third-order valence-electron chi connectivity index (χ3n) is 13.7. The predicted octanol–water partition coefficient (Wildman–Crippen LogP) is 15.0. The average molecular weight is 944 g/mol. The zero-order valence-corrected chi connectivity index (χ0v) is 39.9. The van der Waals surface area contributed by atoms with Gasteiger partial charge in [0.2, 0.25) is 0 Å². The molecule has 9 heteroatoms. The summed E-state index contributed by atoms with van der Waals surface area (Å²) < 4.78 is 4.40. The molecule has 0 aliphatic carbocycles. The third kappa shape index (κ3) is 7.54. The zero-order chi connectivity index (χ0) is 50.6. The quantitative estimate of drug-likeness (QED) is 0.154. The summed E-state index contributed by atoms with van der Waals surface area (Å²) in [4.78, 5) is 10.4. The van der Waals surface area contributed by atoms with Gasteiger partial charge in [-0.25, -0.2) is 9.97 Å². The fourth-order valence-electron chi connectivity index (χ4n) is 10.4. The molecule has 12 rings (SSSR count). The summed E-state index contributed by atoms with van der Waals surface area (Å²) in [5, 5.41) is 54.8. The lowest BCUT2D eigenvalue weighted by atomic mass is 10.0. The molecule has 0 bridgehead atoms. The van der Waals surface area contributed by atoms with Crippen molar-refractivity contribution in [3.8, 4) is 97.6 Å². The van der Waals surface area contributed by atoms with Crippen molar-refractivity contribution in [2.24, 2.45) is 0 Å². The van der Waals surface area contributed by atoms with Crippen LogP contribution in [0.15, 0.2) is 188 Å². The Balaban J connectivity index is 1.25. The SMILES string of the molecule is Cc1cc(C)nc(-c2c(-n3c4cc(-c5cccc(C#N)c5)ccc4c4ccc(-c5cccc(C#N)c5)cc43)cc(C#N)cc2-n2c3cc(-c4cccc(C#N)c4)ccc3c3ccc(-c4cccc(C#N)c4)cc32)n1. The molecule has 0 amide bonds. The van der Waals surface area contributed by atoms with Crippen molar-refractivity contribution < 1.29 is 0 Å². The summed E-state index contributed by atoms with van der Waals surface area (Å²) in [5.74, 6) is 0.452. The van der Waals surface area contributed by atoms with Gasteiger partial charge < -0.3 is 9.13 Å². The molecule has 0 aliphatic rings. The van der Waals surface area contributed by atoms with Crippen LogP contribution < -0.4 is 0 Å². The van der Waals surface area contributed by atoms with E-state index in [4.69, 9.17) is 9.97 Å². The van der Waals surface area contributed by atoms with E-state index in [0.717, 1.165) is 99.5 Å². The maximum absolute atomic E-state index is 11.2. The summed E-state index contributed by atoms with van der Waals surface area (Å²) in [6, 6.07) is 73.0. The average Bonchev–Trinajstić information content (AvgIpc) is 3.95. The Morgan fingerprint density at radius 3 is 0.878 bits per heavy atom. The summed E-state index contributed by atoms with van der Waals surface area (Å²) in [6.07, 6.45) is 0. The number of aromatic nitrogens is 4. The summed E-state index contributed by atoms with van der Waals surface area (Å²) in [7, 11) is 0.